The van der Waals surface area contributed by atoms with E-state index in [9.17, 15) is 4.79 Å². The summed E-state index contributed by atoms with van der Waals surface area (Å²) in [4.78, 5) is 15.3. The fourth-order valence-electron chi connectivity index (χ4n) is 4.46. The molecule has 2 aromatic rings. The Kier molecular flexibility index (Phi) is 6.63. The zero-order chi connectivity index (χ0) is 20.1. The van der Waals surface area contributed by atoms with Crippen LogP contribution in [0.25, 0.3) is 0 Å². The number of nitrogens with zero attached hydrogens (tertiary/aromatic N) is 1. The molecule has 2 unspecified atom stereocenters. The second-order valence-corrected chi connectivity index (χ2v) is 8.44. The molecule has 1 saturated carbocycles. The Hall–Kier alpha value is -2.17. The van der Waals surface area contributed by atoms with Crippen molar-refractivity contribution in [3.63, 3.8) is 0 Å². The Bertz CT molecular complexity index is 797. The molecule has 1 aliphatic heterocycles. The van der Waals surface area contributed by atoms with Gasteiger partial charge in [-0.25, -0.2) is 0 Å². The normalized spacial score (nSPS) is 19.5. The van der Waals surface area contributed by atoms with Gasteiger partial charge in [0.15, 0.2) is 0 Å². The average Bonchev–Trinajstić information content (AvgIpc) is 3.59. The second-order valence-electron chi connectivity index (χ2n) is 8.44. The Morgan fingerprint density at radius 1 is 1.07 bits per heavy atom. The first kappa shape index (κ1) is 20.1. The van der Waals surface area contributed by atoms with Gasteiger partial charge in [-0.3, -0.25) is 9.69 Å². The molecule has 1 aliphatic carbocycles. The smallest absolute Gasteiger partial charge is 0.220 e. The SMILES string of the molecule is Cc1cccc(C(CNC(=O)CC(c2ccccc2)C2CC2)N2CCOCC2)c1. The lowest BCUT2D eigenvalue weighted by atomic mass is 9.90. The molecule has 4 heteroatoms. The first-order valence-electron chi connectivity index (χ1n) is 10.9. The summed E-state index contributed by atoms with van der Waals surface area (Å²) in [6.45, 7) is 6.10. The number of carbonyl (C=O) groups is 1. The Morgan fingerprint density at radius 2 is 1.79 bits per heavy atom. The van der Waals surface area contributed by atoms with Crippen LogP contribution in [-0.4, -0.2) is 43.7 Å². The van der Waals surface area contributed by atoms with Gasteiger partial charge in [0.05, 0.1) is 19.3 Å². The zero-order valence-electron chi connectivity index (χ0n) is 17.3. The van der Waals surface area contributed by atoms with Crippen LogP contribution < -0.4 is 5.32 Å². The summed E-state index contributed by atoms with van der Waals surface area (Å²) in [5.41, 5.74) is 3.83. The average molecular weight is 393 g/mol. The number of rotatable bonds is 8. The topological polar surface area (TPSA) is 41.6 Å². The summed E-state index contributed by atoms with van der Waals surface area (Å²) in [5, 5.41) is 3.26. The summed E-state index contributed by atoms with van der Waals surface area (Å²) in [6, 6.07) is 19.4. The number of nitrogens with one attached hydrogen (secondary N) is 1. The minimum atomic E-state index is 0.164. The van der Waals surface area contributed by atoms with Crippen LogP contribution in [0.1, 0.15) is 47.9 Å². The quantitative estimate of drug-likeness (QED) is 0.736. The maximum Gasteiger partial charge on any atom is 0.220 e. The number of aryl methyl sites for hydroxylation is 1. The number of benzene rings is 2. The highest BCUT2D eigenvalue weighted by Gasteiger charge is 2.33. The second kappa shape index (κ2) is 9.55. The molecule has 2 fully saturated rings. The van der Waals surface area contributed by atoms with Crippen molar-refractivity contribution in [2.24, 2.45) is 5.92 Å². The predicted molar refractivity (Wildman–Crippen MR) is 116 cm³/mol. The summed E-state index contributed by atoms with van der Waals surface area (Å²) in [5.74, 6) is 1.17. The van der Waals surface area contributed by atoms with E-state index in [1.165, 1.54) is 29.5 Å². The van der Waals surface area contributed by atoms with Crippen LogP contribution in [0.4, 0.5) is 0 Å². The van der Waals surface area contributed by atoms with Crippen LogP contribution in [0.2, 0.25) is 0 Å². The maximum absolute atomic E-state index is 12.9. The third kappa shape index (κ3) is 5.46. The lowest BCUT2D eigenvalue weighted by molar-refractivity contribution is -0.122. The third-order valence-corrected chi connectivity index (χ3v) is 6.23. The molecule has 2 aliphatic rings. The molecule has 1 heterocycles. The standard InChI is InChI=1S/C25H32N2O2/c1-19-6-5-9-22(16-19)24(27-12-14-29-15-13-27)18-26-25(28)17-23(21-10-11-21)20-7-3-2-4-8-20/h2-9,16,21,23-24H,10-15,17-18H2,1H3,(H,26,28). The van der Waals surface area contributed by atoms with Gasteiger partial charge >= 0.3 is 0 Å². The van der Waals surface area contributed by atoms with E-state index in [4.69, 9.17) is 4.74 Å². The third-order valence-electron chi connectivity index (χ3n) is 6.23. The van der Waals surface area contributed by atoms with Gasteiger partial charge in [0.25, 0.3) is 0 Å². The molecule has 0 aromatic heterocycles. The van der Waals surface area contributed by atoms with Gasteiger partial charge in [0.2, 0.25) is 5.91 Å². The van der Waals surface area contributed by atoms with Crippen molar-refractivity contribution in [3.05, 3.63) is 71.3 Å². The van der Waals surface area contributed by atoms with E-state index in [0.717, 1.165) is 26.3 Å². The van der Waals surface area contributed by atoms with Gasteiger partial charge in [-0.2, -0.15) is 0 Å². The van der Waals surface area contributed by atoms with Crippen molar-refractivity contribution >= 4 is 5.91 Å². The Morgan fingerprint density at radius 3 is 2.48 bits per heavy atom. The minimum absolute atomic E-state index is 0.164. The number of amides is 1. The van der Waals surface area contributed by atoms with Gasteiger partial charge in [-0.15, -0.1) is 0 Å². The largest absolute Gasteiger partial charge is 0.379 e. The molecule has 0 spiro atoms. The Balaban J connectivity index is 1.41. The van der Waals surface area contributed by atoms with Gasteiger partial charge in [0.1, 0.15) is 0 Å². The molecule has 0 bridgehead atoms. The van der Waals surface area contributed by atoms with Crippen LogP contribution >= 0.6 is 0 Å². The van der Waals surface area contributed by atoms with Gasteiger partial charge < -0.3 is 10.1 Å². The van der Waals surface area contributed by atoms with Crippen molar-refractivity contribution in [2.45, 2.75) is 38.1 Å². The molecular weight excluding hydrogens is 360 g/mol. The Labute approximate surface area is 174 Å². The van der Waals surface area contributed by atoms with E-state index in [0.29, 0.717) is 24.8 Å². The first-order chi connectivity index (χ1) is 14.2. The van der Waals surface area contributed by atoms with E-state index in [-0.39, 0.29) is 11.9 Å². The van der Waals surface area contributed by atoms with E-state index < -0.39 is 0 Å². The van der Waals surface area contributed by atoms with Gasteiger partial charge in [-0.1, -0.05) is 60.2 Å². The van der Waals surface area contributed by atoms with Crippen LogP contribution in [0.3, 0.4) is 0 Å². The van der Waals surface area contributed by atoms with Crippen LogP contribution in [0.15, 0.2) is 54.6 Å². The fraction of sp³-hybridized carbons (Fsp3) is 0.480. The molecule has 4 rings (SSSR count). The molecule has 4 nitrogen and oxygen atoms in total. The van der Waals surface area contributed by atoms with E-state index in [1.54, 1.807) is 0 Å². The molecule has 29 heavy (non-hydrogen) atoms. The highest BCUT2D eigenvalue weighted by atomic mass is 16.5. The molecule has 154 valence electrons. The van der Waals surface area contributed by atoms with Crippen LogP contribution in [0, 0.1) is 12.8 Å². The number of ether oxygens (including phenoxy) is 1. The zero-order valence-corrected chi connectivity index (χ0v) is 17.3. The molecule has 2 atom stereocenters. The lowest BCUT2D eigenvalue weighted by Gasteiger charge is -2.35. The van der Waals surface area contributed by atoms with Crippen molar-refractivity contribution < 1.29 is 9.53 Å². The number of hydrogen-bond donors (Lipinski definition) is 1. The maximum atomic E-state index is 12.9. The summed E-state index contributed by atoms with van der Waals surface area (Å²) < 4.78 is 5.54. The van der Waals surface area contributed by atoms with Crippen molar-refractivity contribution in [1.29, 1.82) is 0 Å². The number of morpholine rings is 1. The molecule has 2 aromatic carbocycles. The van der Waals surface area contributed by atoms with E-state index in [1.807, 2.05) is 6.07 Å². The van der Waals surface area contributed by atoms with Gasteiger partial charge in [0, 0.05) is 26.1 Å². The molecule has 0 radical (unpaired) electrons. The van der Waals surface area contributed by atoms with Crippen molar-refractivity contribution in [2.75, 3.05) is 32.8 Å². The monoisotopic (exact) mass is 392 g/mol. The van der Waals surface area contributed by atoms with Crippen LogP contribution in [-0.2, 0) is 9.53 Å². The molecular formula is C25H32N2O2. The highest BCUT2D eigenvalue weighted by Crippen LogP contribution is 2.44. The number of carbonyl (C=O) groups excluding carboxylic acids is 1. The van der Waals surface area contributed by atoms with Gasteiger partial charge in [-0.05, 0) is 42.7 Å². The number of hydrogen-bond acceptors (Lipinski definition) is 3. The summed E-state index contributed by atoms with van der Waals surface area (Å²) in [7, 11) is 0. The lowest BCUT2D eigenvalue weighted by Crippen LogP contribution is -2.44. The fourth-order valence-corrected chi connectivity index (χ4v) is 4.46. The summed E-state index contributed by atoms with van der Waals surface area (Å²) in [6.07, 6.45) is 3.07. The first-order valence-corrected chi connectivity index (χ1v) is 10.9. The van der Waals surface area contributed by atoms with Crippen LogP contribution in [0.5, 0.6) is 0 Å². The summed E-state index contributed by atoms with van der Waals surface area (Å²) >= 11 is 0. The van der Waals surface area contributed by atoms with Crippen molar-refractivity contribution in [1.82, 2.24) is 10.2 Å². The van der Waals surface area contributed by atoms with E-state index in [2.05, 4.69) is 65.7 Å². The predicted octanol–water partition coefficient (Wildman–Crippen LogP) is 4.07. The van der Waals surface area contributed by atoms with E-state index >= 15 is 0 Å². The molecule has 1 saturated heterocycles. The highest BCUT2D eigenvalue weighted by molar-refractivity contribution is 5.77. The molecule has 1 N–H and O–H groups in total. The minimum Gasteiger partial charge on any atom is -0.379 e. The molecule has 1 amide bonds. The van der Waals surface area contributed by atoms with Crippen molar-refractivity contribution in [3.8, 4) is 0 Å².